The van der Waals surface area contributed by atoms with Crippen LogP contribution in [0.1, 0.15) is 18.1 Å². The number of nitrogens with zero attached hydrogens (tertiary/aromatic N) is 2. The van der Waals surface area contributed by atoms with E-state index in [1.807, 2.05) is 0 Å². The minimum Gasteiger partial charge on any atom is -0.481 e. The third-order valence-electron chi connectivity index (χ3n) is 3.04. The second kappa shape index (κ2) is 4.68. The Bertz CT molecular complexity index is 582. The molecule has 1 aromatic carbocycles. The molecule has 7 nitrogen and oxygen atoms in total. The minimum absolute atomic E-state index is 0.207. The van der Waals surface area contributed by atoms with Crippen LogP contribution in [0.15, 0.2) is 12.1 Å². The standard InChI is InChI=1S/C12H12N2O5/c1-7(15)13-3-2-9-4-8(6-11(16)17)5-10(12(9)13)14(18)19/h4-5H,2-3,6H2,1H3,(H,16,17). The molecule has 1 amide bonds. The molecule has 1 aliphatic heterocycles. The van der Waals surface area contributed by atoms with Gasteiger partial charge in [0, 0.05) is 19.5 Å². The van der Waals surface area contributed by atoms with E-state index >= 15 is 0 Å². The number of nitro benzene ring substituents is 1. The van der Waals surface area contributed by atoms with E-state index in [9.17, 15) is 19.7 Å². The fourth-order valence-corrected chi connectivity index (χ4v) is 2.32. The normalized spacial score (nSPS) is 13.2. The van der Waals surface area contributed by atoms with Gasteiger partial charge in [0.05, 0.1) is 11.3 Å². The molecule has 0 atom stereocenters. The Morgan fingerprint density at radius 1 is 1.47 bits per heavy atom. The van der Waals surface area contributed by atoms with Crippen molar-refractivity contribution in [2.75, 3.05) is 11.4 Å². The van der Waals surface area contributed by atoms with E-state index in [-0.39, 0.29) is 18.0 Å². The number of anilines is 1. The third kappa shape index (κ3) is 2.40. The van der Waals surface area contributed by atoms with Gasteiger partial charge in [-0.3, -0.25) is 19.7 Å². The van der Waals surface area contributed by atoms with Crippen LogP contribution in [0.2, 0.25) is 0 Å². The number of carboxylic acids is 1. The zero-order chi connectivity index (χ0) is 14.2. The summed E-state index contributed by atoms with van der Waals surface area (Å²) in [5, 5.41) is 19.8. The van der Waals surface area contributed by atoms with Crippen molar-refractivity contribution in [2.45, 2.75) is 19.8 Å². The van der Waals surface area contributed by atoms with Crippen molar-refractivity contribution in [3.63, 3.8) is 0 Å². The van der Waals surface area contributed by atoms with E-state index in [0.717, 1.165) is 0 Å². The van der Waals surface area contributed by atoms with Crippen LogP contribution < -0.4 is 4.90 Å². The zero-order valence-electron chi connectivity index (χ0n) is 10.3. The molecule has 0 radical (unpaired) electrons. The smallest absolute Gasteiger partial charge is 0.307 e. The van der Waals surface area contributed by atoms with Crippen LogP contribution in [-0.4, -0.2) is 28.5 Å². The highest BCUT2D eigenvalue weighted by Crippen LogP contribution is 2.38. The molecule has 7 heteroatoms. The fourth-order valence-electron chi connectivity index (χ4n) is 2.32. The largest absolute Gasteiger partial charge is 0.481 e. The summed E-state index contributed by atoms with van der Waals surface area (Å²) in [7, 11) is 0. The number of carbonyl (C=O) groups excluding carboxylic acids is 1. The van der Waals surface area contributed by atoms with Crippen LogP contribution in [-0.2, 0) is 22.4 Å². The highest BCUT2D eigenvalue weighted by atomic mass is 16.6. The Labute approximate surface area is 108 Å². The number of aliphatic carboxylic acids is 1. The first-order valence-corrected chi connectivity index (χ1v) is 5.70. The summed E-state index contributed by atoms with van der Waals surface area (Å²) in [5.41, 5.74) is 1.12. The summed E-state index contributed by atoms with van der Waals surface area (Å²) in [5.74, 6) is -1.30. The van der Waals surface area contributed by atoms with E-state index in [0.29, 0.717) is 29.8 Å². The van der Waals surface area contributed by atoms with Gasteiger partial charge in [-0.15, -0.1) is 0 Å². The molecular weight excluding hydrogens is 252 g/mol. The van der Waals surface area contributed by atoms with Crippen molar-refractivity contribution in [2.24, 2.45) is 0 Å². The van der Waals surface area contributed by atoms with E-state index in [2.05, 4.69) is 0 Å². The number of rotatable bonds is 3. The topological polar surface area (TPSA) is 101 Å². The summed E-state index contributed by atoms with van der Waals surface area (Å²) >= 11 is 0. The van der Waals surface area contributed by atoms with E-state index in [1.165, 1.54) is 17.9 Å². The van der Waals surface area contributed by atoms with Crippen LogP contribution in [0.5, 0.6) is 0 Å². The maximum atomic E-state index is 11.5. The molecule has 100 valence electrons. The molecule has 1 aromatic rings. The van der Waals surface area contributed by atoms with Crippen LogP contribution in [0, 0.1) is 10.1 Å². The maximum Gasteiger partial charge on any atom is 0.307 e. The summed E-state index contributed by atoms with van der Waals surface area (Å²) in [6, 6.07) is 2.85. The number of amides is 1. The molecule has 0 unspecified atom stereocenters. The molecule has 19 heavy (non-hydrogen) atoms. The monoisotopic (exact) mass is 264 g/mol. The van der Waals surface area contributed by atoms with Crippen molar-refractivity contribution in [1.29, 1.82) is 0 Å². The Morgan fingerprint density at radius 3 is 2.68 bits per heavy atom. The first-order chi connectivity index (χ1) is 8.90. The van der Waals surface area contributed by atoms with E-state index < -0.39 is 10.9 Å². The maximum absolute atomic E-state index is 11.5. The Kier molecular flexibility index (Phi) is 3.20. The van der Waals surface area contributed by atoms with Crippen molar-refractivity contribution < 1.29 is 19.6 Å². The highest BCUT2D eigenvalue weighted by molar-refractivity contribution is 5.96. The van der Waals surface area contributed by atoms with Gasteiger partial charge < -0.3 is 10.0 Å². The first-order valence-electron chi connectivity index (χ1n) is 5.70. The molecule has 0 saturated heterocycles. The summed E-state index contributed by atoms with van der Waals surface area (Å²) in [6.45, 7) is 1.74. The average Bonchev–Trinajstić information content (AvgIpc) is 2.70. The lowest BCUT2D eigenvalue weighted by Gasteiger charge is -2.15. The zero-order valence-corrected chi connectivity index (χ0v) is 10.3. The van der Waals surface area contributed by atoms with Crippen molar-refractivity contribution in [3.8, 4) is 0 Å². The highest BCUT2D eigenvalue weighted by Gasteiger charge is 2.31. The Balaban J connectivity index is 2.55. The van der Waals surface area contributed by atoms with Crippen molar-refractivity contribution in [1.82, 2.24) is 0 Å². The average molecular weight is 264 g/mol. The van der Waals surface area contributed by atoms with Crippen LogP contribution in [0.25, 0.3) is 0 Å². The van der Waals surface area contributed by atoms with Gasteiger partial charge in [-0.2, -0.15) is 0 Å². The van der Waals surface area contributed by atoms with Crippen LogP contribution >= 0.6 is 0 Å². The van der Waals surface area contributed by atoms with E-state index in [1.54, 1.807) is 6.07 Å². The summed E-state index contributed by atoms with van der Waals surface area (Å²) in [6.07, 6.45) is 0.234. The van der Waals surface area contributed by atoms with Crippen LogP contribution in [0.3, 0.4) is 0 Å². The molecule has 2 rings (SSSR count). The summed E-state index contributed by atoms with van der Waals surface area (Å²) < 4.78 is 0. The molecule has 0 saturated carbocycles. The van der Waals surface area contributed by atoms with E-state index in [4.69, 9.17) is 5.11 Å². The van der Waals surface area contributed by atoms with Gasteiger partial charge in [-0.1, -0.05) is 6.07 Å². The Hall–Kier alpha value is -2.44. The molecule has 1 N–H and O–H groups in total. The number of carbonyl (C=O) groups is 2. The number of benzene rings is 1. The quantitative estimate of drug-likeness (QED) is 0.651. The molecular formula is C12H12N2O5. The number of nitro groups is 1. The van der Waals surface area contributed by atoms with Gasteiger partial charge in [-0.05, 0) is 17.5 Å². The predicted octanol–water partition coefficient (Wildman–Crippen LogP) is 1.13. The lowest BCUT2D eigenvalue weighted by Crippen LogP contribution is -2.26. The molecule has 0 aromatic heterocycles. The number of hydrogen-bond donors (Lipinski definition) is 1. The van der Waals surface area contributed by atoms with Crippen molar-refractivity contribution in [3.05, 3.63) is 33.4 Å². The van der Waals surface area contributed by atoms with Gasteiger partial charge in [0.1, 0.15) is 5.69 Å². The predicted molar refractivity (Wildman–Crippen MR) is 66.2 cm³/mol. The van der Waals surface area contributed by atoms with Gasteiger partial charge in [0.15, 0.2) is 0 Å². The van der Waals surface area contributed by atoms with Gasteiger partial charge in [-0.25, -0.2) is 0 Å². The number of fused-ring (bicyclic) bond motifs is 1. The first kappa shape index (κ1) is 13.0. The van der Waals surface area contributed by atoms with Gasteiger partial charge >= 0.3 is 5.97 Å². The SMILES string of the molecule is CC(=O)N1CCc2cc(CC(=O)O)cc([N+](=O)[O-])c21. The molecule has 1 aliphatic rings. The van der Waals surface area contributed by atoms with Crippen molar-refractivity contribution >= 4 is 23.3 Å². The molecule has 0 fully saturated rings. The molecule has 0 spiro atoms. The molecule has 0 aliphatic carbocycles. The minimum atomic E-state index is -1.05. The van der Waals surface area contributed by atoms with Crippen LogP contribution in [0.4, 0.5) is 11.4 Å². The Morgan fingerprint density at radius 2 is 2.16 bits per heavy atom. The van der Waals surface area contributed by atoms with Gasteiger partial charge in [0.25, 0.3) is 5.69 Å². The van der Waals surface area contributed by atoms with Gasteiger partial charge in [0.2, 0.25) is 5.91 Å². The number of hydrogen-bond acceptors (Lipinski definition) is 4. The second-order valence-corrected chi connectivity index (χ2v) is 4.37. The fraction of sp³-hybridized carbons (Fsp3) is 0.333. The second-order valence-electron chi connectivity index (χ2n) is 4.37. The summed E-state index contributed by atoms with van der Waals surface area (Å²) in [4.78, 5) is 34.0. The third-order valence-corrected chi connectivity index (χ3v) is 3.04. The molecule has 0 bridgehead atoms. The lowest BCUT2D eigenvalue weighted by molar-refractivity contribution is -0.384. The molecule has 1 heterocycles. The lowest BCUT2D eigenvalue weighted by atomic mass is 10.0. The number of carboxylic acid groups (broad SMARTS) is 1.